The van der Waals surface area contributed by atoms with Crippen LogP contribution in [0, 0.1) is 31.0 Å². The molecule has 2 aliphatic rings. The molecule has 22 heavy (non-hydrogen) atoms. The van der Waals surface area contributed by atoms with Gasteiger partial charge in [-0.3, -0.25) is 0 Å². The highest BCUT2D eigenvalue weighted by atomic mass is 19.4. The first kappa shape index (κ1) is 16.1. The Morgan fingerprint density at radius 1 is 1.32 bits per heavy atom. The van der Waals surface area contributed by atoms with Gasteiger partial charge < -0.3 is 10.6 Å². The van der Waals surface area contributed by atoms with E-state index in [-0.39, 0.29) is 11.3 Å². The first-order chi connectivity index (χ1) is 10.2. The number of urea groups is 1. The van der Waals surface area contributed by atoms with Gasteiger partial charge in [0.05, 0.1) is 5.69 Å². The lowest BCUT2D eigenvalue weighted by Gasteiger charge is -2.29. The smallest absolute Gasteiger partial charge is 0.322 e. The second-order valence-corrected chi connectivity index (χ2v) is 5.17. The summed E-state index contributed by atoms with van der Waals surface area (Å²) in [5, 5.41) is 3.81. The summed E-state index contributed by atoms with van der Waals surface area (Å²) in [4.78, 5) is 11.0. The first-order valence-corrected chi connectivity index (χ1v) is 6.63. The Bertz CT molecular complexity index is 630. The highest BCUT2D eigenvalue weighted by molar-refractivity contribution is 5.93. The Hall–Kier alpha value is -2.23. The predicted molar refractivity (Wildman–Crippen MR) is 73.6 cm³/mol. The zero-order valence-electron chi connectivity index (χ0n) is 11.7. The van der Waals surface area contributed by atoms with Crippen LogP contribution < -0.4 is 10.6 Å². The van der Waals surface area contributed by atoms with Crippen LogP contribution in [0.5, 0.6) is 0 Å². The molecule has 1 aromatic carbocycles. The summed E-state index contributed by atoms with van der Waals surface area (Å²) in [6, 6.07) is -0.743. The fraction of sp³-hybridized carbons (Fsp3) is 0.400. The molecule has 118 valence electrons. The van der Waals surface area contributed by atoms with E-state index in [2.05, 4.69) is 11.2 Å². The van der Waals surface area contributed by atoms with Crippen LogP contribution in [-0.2, 0) is 0 Å². The highest BCUT2D eigenvalue weighted by Crippen LogP contribution is 2.40. The zero-order valence-corrected chi connectivity index (χ0v) is 11.7. The van der Waals surface area contributed by atoms with Gasteiger partial charge in [0.2, 0.25) is 0 Å². The highest BCUT2D eigenvalue weighted by Gasteiger charge is 2.46. The summed E-state index contributed by atoms with van der Waals surface area (Å²) in [7, 11) is 0. The lowest BCUT2D eigenvalue weighted by Crippen LogP contribution is -2.45. The number of halogens is 4. The Morgan fingerprint density at radius 2 is 1.95 bits per heavy atom. The van der Waals surface area contributed by atoms with Crippen molar-refractivity contribution < 1.29 is 22.4 Å². The average molecular weight is 314 g/mol. The number of aryl methyl sites for hydroxylation is 1. The predicted octanol–water partition coefficient (Wildman–Crippen LogP) is 3.90. The summed E-state index contributed by atoms with van der Waals surface area (Å²) >= 11 is 0. The molecule has 7 heteroatoms. The molecule has 0 bridgehead atoms. The molecule has 0 aromatic heterocycles. The Labute approximate surface area is 125 Å². The molecule has 1 unspecified atom stereocenters. The van der Waals surface area contributed by atoms with Crippen molar-refractivity contribution in [2.75, 3.05) is 5.32 Å². The number of anilines is 1. The molecule has 1 saturated carbocycles. The average Bonchev–Trinajstić information content (AvgIpc) is 3.26. The van der Waals surface area contributed by atoms with Crippen LogP contribution >= 0.6 is 0 Å². The largest absolute Gasteiger partial charge is 0.413 e. The molecule has 1 fully saturated rings. The van der Waals surface area contributed by atoms with Crippen LogP contribution in [-0.4, -0.2) is 12.2 Å². The number of alkyl halides is 3. The van der Waals surface area contributed by atoms with E-state index in [1.165, 1.54) is 31.9 Å². The van der Waals surface area contributed by atoms with Gasteiger partial charge in [-0.15, -0.1) is 12.3 Å². The third kappa shape index (κ3) is 3.50. The van der Waals surface area contributed by atoms with Crippen molar-refractivity contribution in [2.24, 2.45) is 5.92 Å². The number of amides is 2. The second kappa shape index (κ2) is 5.87. The van der Waals surface area contributed by atoms with Gasteiger partial charge >= 0.3 is 12.2 Å². The maximum absolute atomic E-state index is 13.7. The number of nitrogens with one attached hydrogen (secondary N) is 2. The molecule has 1 atom stereocenters. The lowest BCUT2D eigenvalue weighted by molar-refractivity contribution is -0.155. The Kier molecular flexibility index (Phi) is 4.31. The van der Waals surface area contributed by atoms with Crippen molar-refractivity contribution in [1.29, 1.82) is 0 Å². The van der Waals surface area contributed by atoms with Crippen LogP contribution in [0.25, 0.3) is 0 Å². The standard InChI is InChI=1S/C10H8F4N2O.C5H6/c1-4-2-3-5-6(7(4)11)8(10(12,13)14)16-9(17)15-5;1-2-5-3-4-5/h2-3,8H,1H3,(H2,15,16,17);1,5H,3-4H2. The molecular formula is C15H14F4N2O. The molecular weight excluding hydrogens is 300 g/mol. The summed E-state index contributed by atoms with van der Waals surface area (Å²) in [6.07, 6.45) is 2.80. The number of hydrogen-bond acceptors (Lipinski definition) is 1. The maximum atomic E-state index is 13.7. The maximum Gasteiger partial charge on any atom is 0.413 e. The van der Waals surface area contributed by atoms with Gasteiger partial charge in [-0.2, -0.15) is 13.2 Å². The number of hydrogen-bond donors (Lipinski definition) is 2. The quantitative estimate of drug-likeness (QED) is 0.553. The van der Waals surface area contributed by atoms with E-state index in [9.17, 15) is 22.4 Å². The van der Waals surface area contributed by atoms with Gasteiger partial charge in [0.25, 0.3) is 0 Å². The SMILES string of the molecule is C#CC1CC1.Cc1ccc2c(c1F)C(C(F)(F)F)NC(=O)N2. The Balaban J connectivity index is 0.000000299. The minimum absolute atomic E-state index is 0.0935. The van der Waals surface area contributed by atoms with E-state index in [4.69, 9.17) is 6.42 Å². The zero-order chi connectivity index (χ0) is 16.5. The molecule has 2 amide bonds. The van der Waals surface area contributed by atoms with Crippen molar-refractivity contribution in [3.63, 3.8) is 0 Å². The monoisotopic (exact) mass is 314 g/mol. The van der Waals surface area contributed by atoms with Gasteiger partial charge in [-0.1, -0.05) is 6.07 Å². The molecule has 3 rings (SSSR count). The minimum Gasteiger partial charge on any atom is -0.322 e. The van der Waals surface area contributed by atoms with E-state index in [1.807, 2.05) is 0 Å². The van der Waals surface area contributed by atoms with Gasteiger partial charge in [0, 0.05) is 11.5 Å². The molecule has 3 nitrogen and oxygen atoms in total. The van der Waals surface area contributed by atoms with E-state index < -0.39 is 29.6 Å². The number of carbonyl (C=O) groups is 1. The van der Waals surface area contributed by atoms with Crippen LogP contribution in [0.4, 0.5) is 28.0 Å². The van der Waals surface area contributed by atoms with Crippen LogP contribution in [0.2, 0.25) is 0 Å². The second-order valence-electron chi connectivity index (χ2n) is 5.17. The summed E-state index contributed by atoms with van der Waals surface area (Å²) in [5.41, 5.74) is -0.632. The van der Waals surface area contributed by atoms with Crippen LogP contribution in [0.1, 0.15) is 30.0 Å². The fourth-order valence-electron chi connectivity index (χ4n) is 1.95. The first-order valence-electron chi connectivity index (χ1n) is 6.63. The lowest BCUT2D eigenvalue weighted by atomic mass is 9.99. The van der Waals surface area contributed by atoms with Crippen molar-refractivity contribution >= 4 is 11.7 Å². The van der Waals surface area contributed by atoms with Crippen molar-refractivity contribution in [1.82, 2.24) is 5.32 Å². The normalized spacial score (nSPS) is 19.8. The van der Waals surface area contributed by atoms with Crippen molar-refractivity contribution in [3.05, 3.63) is 29.1 Å². The topological polar surface area (TPSA) is 41.1 Å². The van der Waals surface area contributed by atoms with Gasteiger partial charge in [-0.05, 0) is 31.4 Å². The molecule has 0 radical (unpaired) electrons. The number of fused-ring (bicyclic) bond motifs is 1. The summed E-state index contributed by atoms with van der Waals surface area (Å²) in [5.74, 6) is 2.34. The number of terminal acetylenes is 1. The van der Waals surface area contributed by atoms with E-state index in [0.717, 1.165) is 0 Å². The van der Waals surface area contributed by atoms with Crippen molar-refractivity contribution in [2.45, 2.75) is 32.0 Å². The molecule has 0 saturated heterocycles. The third-order valence-corrected chi connectivity index (χ3v) is 3.33. The van der Waals surface area contributed by atoms with Crippen LogP contribution in [0.15, 0.2) is 12.1 Å². The minimum atomic E-state index is -4.73. The van der Waals surface area contributed by atoms with Crippen molar-refractivity contribution in [3.8, 4) is 12.3 Å². The molecule has 1 aliphatic carbocycles. The summed E-state index contributed by atoms with van der Waals surface area (Å²) < 4.78 is 51.8. The molecule has 1 heterocycles. The molecule has 1 aliphatic heterocycles. The number of benzene rings is 1. The van der Waals surface area contributed by atoms with E-state index >= 15 is 0 Å². The third-order valence-electron chi connectivity index (χ3n) is 3.33. The van der Waals surface area contributed by atoms with Gasteiger partial charge in [0.1, 0.15) is 5.82 Å². The van der Waals surface area contributed by atoms with Gasteiger partial charge in [0.15, 0.2) is 6.04 Å². The van der Waals surface area contributed by atoms with Crippen LogP contribution in [0.3, 0.4) is 0 Å². The number of carbonyl (C=O) groups excluding carboxylic acids is 1. The fourth-order valence-corrected chi connectivity index (χ4v) is 1.95. The molecule has 1 aromatic rings. The van der Waals surface area contributed by atoms with E-state index in [1.54, 1.807) is 5.32 Å². The van der Waals surface area contributed by atoms with E-state index in [0.29, 0.717) is 5.92 Å². The number of rotatable bonds is 0. The summed E-state index contributed by atoms with van der Waals surface area (Å²) in [6.45, 7) is 1.36. The molecule has 0 spiro atoms. The van der Waals surface area contributed by atoms with Gasteiger partial charge in [-0.25, -0.2) is 9.18 Å². The Morgan fingerprint density at radius 3 is 2.41 bits per heavy atom. The molecule has 2 N–H and O–H groups in total.